The van der Waals surface area contributed by atoms with Gasteiger partial charge in [-0.2, -0.15) is 0 Å². The first-order valence-electron chi connectivity index (χ1n) is 8.89. The minimum Gasteiger partial charge on any atom is -0.294 e. The molecule has 2 aromatic rings. The predicted octanol–water partition coefficient (Wildman–Crippen LogP) is 4.01. The summed E-state index contributed by atoms with van der Waals surface area (Å²) in [5, 5.41) is 12.6. The van der Waals surface area contributed by atoms with Crippen LogP contribution in [0.5, 0.6) is 0 Å². The molecule has 1 aliphatic heterocycles. The number of nitrogens with zero attached hydrogens (tertiary/aromatic N) is 4. The molecule has 0 N–H and O–H groups in total. The lowest BCUT2D eigenvalue weighted by molar-refractivity contribution is -0.119. The van der Waals surface area contributed by atoms with Gasteiger partial charge < -0.3 is 0 Å². The lowest BCUT2D eigenvalue weighted by atomic mass is 10.1. The van der Waals surface area contributed by atoms with E-state index in [0.29, 0.717) is 40.8 Å². The number of thiophene rings is 1. The highest BCUT2D eigenvalue weighted by atomic mass is 32.2. The Morgan fingerprint density at radius 1 is 1.12 bits per heavy atom. The van der Waals surface area contributed by atoms with Crippen molar-refractivity contribution in [3.8, 4) is 0 Å². The number of ketones is 1. The zero-order chi connectivity index (χ0) is 18.7. The van der Waals surface area contributed by atoms with Crippen LogP contribution < -0.4 is 5.01 Å². The van der Waals surface area contributed by atoms with E-state index in [1.54, 1.807) is 9.69 Å². The third kappa shape index (κ3) is 3.35. The van der Waals surface area contributed by atoms with Crippen LogP contribution >= 0.6 is 23.1 Å². The molecule has 6 nitrogen and oxygen atoms in total. The van der Waals surface area contributed by atoms with Crippen molar-refractivity contribution in [3.63, 3.8) is 0 Å². The van der Waals surface area contributed by atoms with Gasteiger partial charge in [0.25, 0.3) is 0 Å². The van der Waals surface area contributed by atoms with Gasteiger partial charge >= 0.3 is 0 Å². The second kappa shape index (κ2) is 8.18. The molecule has 0 unspecified atom stereocenters. The first-order valence-corrected chi connectivity index (χ1v) is 10.6. The number of fused-ring (bicyclic) bond motifs is 1. The van der Waals surface area contributed by atoms with Crippen molar-refractivity contribution >= 4 is 40.5 Å². The first kappa shape index (κ1) is 18.8. The number of amides is 1. The van der Waals surface area contributed by atoms with E-state index < -0.39 is 0 Å². The van der Waals surface area contributed by atoms with Crippen LogP contribution in [0.1, 0.15) is 57.2 Å². The SMILES string of the molecule is CCCC(=O)C1=C(c2cccs2)N(C(=O)CCC)n2c(CC)nnc2S1. The second-order valence-corrected chi connectivity index (χ2v) is 7.88. The van der Waals surface area contributed by atoms with E-state index in [-0.39, 0.29) is 11.7 Å². The number of thioether (sulfide) groups is 1. The van der Waals surface area contributed by atoms with E-state index in [1.807, 2.05) is 38.3 Å². The Hall–Kier alpha value is -1.93. The summed E-state index contributed by atoms with van der Waals surface area (Å²) in [6.07, 6.45) is 2.99. The molecule has 8 heteroatoms. The molecule has 0 saturated carbocycles. The Bertz CT molecular complexity index is 840. The summed E-state index contributed by atoms with van der Waals surface area (Å²) < 4.78 is 1.78. The summed E-state index contributed by atoms with van der Waals surface area (Å²) in [6, 6.07) is 3.89. The fraction of sp³-hybridized carbons (Fsp3) is 0.444. The maximum absolute atomic E-state index is 13.1. The molecule has 0 atom stereocenters. The van der Waals surface area contributed by atoms with Gasteiger partial charge in [-0.05, 0) is 36.0 Å². The van der Waals surface area contributed by atoms with Gasteiger partial charge in [0.15, 0.2) is 11.6 Å². The Morgan fingerprint density at radius 3 is 2.50 bits per heavy atom. The molecule has 0 fully saturated rings. The van der Waals surface area contributed by atoms with Gasteiger partial charge in [0.1, 0.15) is 5.70 Å². The number of aryl methyl sites for hydroxylation is 1. The molecule has 0 aliphatic carbocycles. The fourth-order valence-corrected chi connectivity index (χ4v) is 4.70. The summed E-state index contributed by atoms with van der Waals surface area (Å²) >= 11 is 2.85. The van der Waals surface area contributed by atoms with Gasteiger partial charge in [0.2, 0.25) is 11.1 Å². The van der Waals surface area contributed by atoms with E-state index in [4.69, 9.17) is 0 Å². The van der Waals surface area contributed by atoms with Crippen molar-refractivity contribution in [1.29, 1.82) is 0 Å². The molecular formula is C18H22N4O2S2. The summed E-state index contributed by atoms with van der Waals surface area (Å²) in [6.45, 7) is 5.94. The van der Waals surface area contributed by atoms with E-state index in [1.165, 1.54) is 23.1 Å². The molecule has 3 rings (SSSR count). The molecule has 0 aromatic carbocycles. The highest BCUT2D eigenvalue weighted by molar-refractivity contribution is 8.04. The third-order valence-electron chi connectivity index (χ3n) is 4.00. The highest BCUT2D eigenvalue weighted by Crippen LogP contribution is 2.41. The van der Waals surface area contributed by atoms with Gasteiger partial charge in [-0.1, -0.05) is 26.8 Å². The standard InChI is InChI=1S/C18H22N4O2S2/c1-4-8-12(23)17-16(13-10-7-11-25-13)22(15(24)9-5-2)21-14(6-3)19-20-18(21)26-17/h7,10-11H,4-6,8-9H2,1-3H3. The van der Waals surface area contributed by atoms with Gasteiger partial charge in [-0.25, -0.2) is 9.69 Å². The maximum Gasteiger partial charge on any atom is 0.246 e. The quantitative estimate of drug-likeness (QED) is 0.714. The van der Waals surface area contributed by atoms with Crippen molar-refractivity contribution < 1.29 is 9.59 Å². The van der Waals surface area contributed by atoms with Crippen LogP contribution in [-0.4, -0.2) is 26.6 Å². The minimum atomic E-state index is -0.0475. The summed E-state index contributed by atoms with van der Waals surface area (Å²) in [7, 11) is 0. The molecule has 3 heterocycles. The fourth-order valence-electron chi connectivity index (χ4n) is 2.83. The first-order chi connectivity index (χ1) is 12.6. The summed E-state index contributed by atoms with van der Waals surface area (Å²) in [5.41, 5.74) is 0.670. The molecule has 0 bridgehead atoms. The number of hydrogen-bond donors (Lipinski definition) is 0. The normalized spacial score (nSPS) is 13.9. The predicted molar refractivity (Wildman–Crippen MR) is 105 cm³/mol. The number of Topliss-reactive ketones (excluding diaryl/α,β-unsaturated/α-hetero) is 1. The average molecular weight is 391 g/mol. The summed E-state index contributed by atoms with van der Waals surface area (Å²) in [4.78, 5) is 27.4. The van der Waals surface area contributed by atoms with Crippen LogP contribution in [0, 0.1) is 0 Å². The van der Waals surface area contributed by atoms with Crippen molar-refractivity contribution in [2.24, 2.45) is 0 Å². The van der Waals surface area contributed by atoms with Crippen molar-refractivity contribution in [2.45, 2.75) is 58.0 Å². The molecule has 1 aliphatic rings. The van der Waals surface area contributed by atoms with Crippen LogP contribution in [0.15, 0.2) is 27.6 Å². The van der Waals surface area contributed by atoms with E-state index in [9.17, 15) is 9.59 Å². The van der Waals surface area contributed by atoms with Gasteiger partial charge in [0, 0.05) is 19.3 Å². The average Bonchev–Trinajstić information content (AvgIpc) is 3.29. The topological polar surface area (TPSA) is 68.1 Å². The zero-order valence-electron chi connectivity index (χ0n) is 15.2. The maximum atomic E-state index is 13.1. The lowest BCUT2D eigenvalue weighted by Crippen LogP contribution is -2.43. The van der Waals surface area contributed by atoms with E-state index in [0.717, 1.165) is 17.7 Å². The van der Waals surface area contributed by atoms with E-state index in [2.05, 4.69) is 10.2 Å². The molecule has 0 radical (unpaired) electrons. The molecule has 0 spiro atoms. The van der Waals surface area contributed by atoms with Gasteiger partial charge in [-0.3, -0.25) is 9.59 Å². The van der Waals surface area contributed by atoms with Gasteiger partial charge in [-0.15, -0.1) is 21.5 Å². The van der Waals surface area contributed by atoms with Gasteiger partial charge in [0.05, 0.1) is 9.78 Å². The van der Waals surface area contributed by atoms with Crippen LogP contribution in [0.3, 0.4) is 0 Å². The Labute approximate surface area is 161 Å². The smallest absolute Gasteiger partial charge is 0.246 e. The Kier molecular flexibility index (Phi) is 5.93. The number of carbonyl (C=O) groups excluding carboxylic acids is 2. The molecule has 1 amide bonds. The number of rotatable bonds is 7. The van der Waals surface area contributed by atoms with E-state index >= 15 is 0 Å². The lowest BCUT2D eigenvalue weighted by Gasteiger charge is -2.32. The van der Waals surface area contributed by atoms with Crippen LogP contribution in [-0.2, 0) is 16.0 Å². The highest BCUT2D eigenvalue weighted by Gasteiger charge is 2.36. The molecule has 2 aromatic heterocycles. The Balaban J connectivity index is 2.23. The van der Waals surface area contributed by atoms with Crippen LogP contribution in [0.2, 0.25) is 0 Å². The number of allylic oxidation sites excluding steroid dienone is 1. The van der Waals surface area contributed by atoms with Crippen molar-refractivity contribution in [3.05, 3.63) is 33.1 Å². The van der Waals surface area contributed by atoms with Crippen molar-refractivity contribution in [1.82, 2.24) is 14.9 Å². The number of aromatic nitrogens is 3. The minimum absolute atomic E-state index is 0.0440. The molecule has 138 valence electrons. The third-order valence-corrected chi connectivity index (χ3v) is 5.94. The largest absolute Gasteiger partial charge is 0.294 e. The van der Waals surface area contributed by atoms with Crippen LogP contribution in [0.25, 0.3) is 5.70 Å². The number of hydrogen-bond acceptors (Lipinski definition) is 6. The van der Waals surface area contributed by atoms with Crippen molar-refractivity contribution in [2.75, 3.05) is 5.01 Å². The summed E-state index contributed by atoms with van der Waals surface area (Å²) in [5.74, 6) is 0.712. The Morgan fingerprint density at radius 2 is 1.88 bits per heavy atom. The molecule has 26 heavy (non-hydrogen) atoms. The number of carbonyl (C=O) groups is 2. The molecular weight excluding hydrogens is 368 g/mol. The molecule has 0 saturated heterocycles. The van der Waals surface area contributed by atoms with Crippen LogP contribution in [0.4, 0.5) is 0 Å². The monoisotopic (exact) mass is 390 g/mol. The second-order valence-electron chi connectivity index (χ2n) is 5.95. The zero-order valence-corrected chi connectivity index (χ0v) is 16.8.